The van der Waals surface area contributed by atoms with Crippen molar-refractivity contribution in [3.63, 3.8) is 0 Å². The van der Waals surface area contributed by atoms with Crippen LogP contribution in [0.5, 0.6) is 0 Å². The van der Waals surface area contributed by atoms with Crippen molar-refractivity contribution in [2.75, 3.05) is 0 Å². The molecule has 3 heteroatoms. The molecule has 0 N–H and O–H groups in total. The van der Waals surface area contributed by atoms with Crippen LogP contribution in [0.4, 0.5) is 0 Å². The van der Waals surface area contributed by atoms with Crippen LogP contribution in [0.2, 0.25) is 0 Å². The zero-order chi connectivity index (χ0) is 30.6. The monoisotopic (exact) mass is 598 g/mol. The van der Waals surface area contributed by atoms with Crippen molar-refractivity contribution < 1.29 is 4.42 Å². The van der Waals surface area contributed by atoms with E-state index in [0.717, 1.165) is 33.1 Å². The van der Waals surface area contributed by atoms with Crippen molar-refractivity contribution in [2.45, 2.75) is 0 Å². The van der Waals surface area contributed by atoms with Gasteiger partial charge in [-0.1, -0.05) is 115 Å². The number of hydrogen-bond donors (Lipinski definition) is 0. The SMILES string of the molecule is c1ccc(-n2c3ccccc3c3ccc4c5c6c(ccc5n(-c5cc7ccccc7c7ccccc57)c4c32)oc2ccccc26)cc1. The van der Waals surface area contributed by atoms with Crippen molar-refractivity contribution in [1.82, 2.24) is 9.13 Å². The Labute approximate surface area is 269 Å². The minimum Gasteiger partial charge on any atom is -0.456 e. The van der Waals surface area contributed by atoms with Gasteiger partial charge in [0.2, 0.25) is 0 Å². The number of fused-ring (bicyclic) bond motifs is 14. The molecule has 0 bridgehead atoms. The number of benzene rings is 8. The Morgan fingerprint density at radius 1 is 0.362 bits per heavy atom. The standard InChI is InChI=1S/C44H26N2O/c1-2-13-28(14-3-1)45-36-20-10-8-18-32(36)33-22-23-35-41-37(24-25-40-42(41)34-19-9-11-21-39(34)47-40)46(44(35)43(33)45)38-26-27-12-4-5-15-29(27)30-16-6-7-17-31(30)38/h1-26H. The molecule has 0 fully saturated rings. The number of rotatable bonds is 2. The normalized spacial score (nSPS) is 12.3. The summed E-state index contributed by atoms with van der Waals surface area (Å²) in [5.74, 6) is 0. The second-order valence-corrected chi connectivity index (χ2v) is 12.5. The lowest BCUT2D eigenvalue weighted by atomic mass is 10.00. The van der Waals surface area contributed by atoms with Crippen molar-refractivity contribution in [2.24, 2.45) is 0 Å². The molecule has 0 radical (unpaired) electrons. The zero-order valence-corrected chi connectivity index (χ0v) is 25.3. The second kappa shape index (κ2) is 9.12. The molecule has 218 valence electrons. The highest BCUT2D eigenvalue weighted by atomic mass is 16.3. The number of hydrogen-bond acceptors (Lipinski definition) is 1. The van der Waals surface area contributed by atoms with Gasteiger partial charge in [0.15, 0.2) is 0 Å². The minimum absolute atomic E-state index is 0.907. The molecule has 11 aromatic rings. The summed E-state index contributed by atoms with van der Waals surface area (Å²) >= 11 is 0. The molecule has 3 heterocycles. The molecule has 0 spiro atoms. The molecule has 3 nitrogen and oxygen atoms in total. The highest BCUT2D eigenvalue weighted by Crippen LogP contribution is 2.46. The second-order valence-electron chi connectivity index (χ2n) is 12.5. The van der Waals surface area contributed by atoms with Crippen LogP contribution in [-0.4, -0.2) is 9.13 Å². The van der Waals surface area contributed by atoms with E-state index in [4.69, 9.17) is 4.42 Å². The minimum atomic E-state index is 0.907. The first-order valence-electron chi connectivity index (χ1n) is 16.1. The van der Waals surface area contributed by atoms with Crippen LogP contribution in [0.25, 0.3) is 98.5 Å². The van der Waals surface area contributed by atoms with Crippen LogP contribution in [0.1, 0.15) is 0 Å². The van der Waals surface area contributed by atoms with E-state index in [1.54, 1.807) is 0 Å². The maximum Gasteiger partial charge on any atom is 0.136 e. The van der Waals surface area contributed by atoms with Crippen LogP contribution in [-0.2, 0) is 0 Å². The Kier molecular flexibility index (Phi) is 4.84. The maximum absolute atomic E-state index is 6.47. The Morgan fingerprint density at radius 3 is 1.89 bits per heavy atom. The number of nitrogens with zero attached hydrogens (tertiary/aromatic N) is 2. The topological polar surface area (TPSA) is 23.0 Å². The van der Waals surface area contributed by atoms with Gasteiger partial charge in [-0.3, -0.25) is 0 Å². The van der Waals surface area contributed by atoms with E-state index in [2.05, 4.69) is 161 Å². The number of aromatic nitrogens is 2. The first-order valence-corrected chi connectivity index (χ1v) is 16.1. The fourth-order valence-corrected chi connectivity index (χ4v) is 8.17. The Bertz CT molecular complexity index is 3070. The summed E-state index contributed by atoms with van der Waals surface area (Å²) in [4.78, 5) is 0. The van der Waals surface area contributed by atoms with Gasteiger partial charge >= 0.3 is 0 Å². The van der Waals surface area contributed by atoms with Gasteiger partial charge in [0.05, 0.1) is 27.8 Å². The maximum atomic E-state index is 6.47. The van der Waals surface area contributed by atoms with Gasteiger partial charge in [0.1, 0.15) is 11.2 Å². The van der Waals surface area contributed by atoms with E-state index in [1.807, 2.05) is 6.07 Å². The van der Waals surface area contributed by atoms with Gasteiger partial charge < -0.3 is 13.6 Å². The van der Waals surface area contributed by atoms with E-state index in [0.29, 0.717) is 0 Å². The summed E-state index contributed by atoms with van der Waals surface area (Å²) in [6.45, 7) is 0. The molecule has 0 aliphatic carbocycles. The predicted octanol–water partition coefficient (Wildman–Crippen LogP) is 12.1. The van der Waals surface area contributed by atoms with Crippen LogP contribution in [0.3, 0.4) is 0 Å². The van der Waals surface area contributed by atoms with Gasteiger partial charge in [0, 0.05) is 43.4 Å². The van der Waals surface area contributed by atoms with Crippen molar-refractivity contribution in [3.05, 3.63) is 158 Å². The molecule has 0 aliphatic heterocycles. The summed E-state index contributed by atoms with van der Waals surface area (Å²) in [5.41, 5.74) is 8.88. The third-order valence-corrected chi connectivity index (χ3v) is 10.1. The molecule has 8 aromatic carbocycles. The van der Waals surface area contributed by atoms with Gasteiger partial charge in [-0.15, -0.1) is 0 Å². The summed E-state index contributed by atoms with van der Waals surface area (Å²) in [6, 6.07) is 57.0. The van der Waals surface area contributed by atoms with Gasteiger partial charge in [-0.05, 0) is 58.6 Å². The first kappa shape index (κ1) is 24.9. The molecule has 3 aromatic heterocycles. The van der Waals surface area contributed by atoms with E-state index in [9.17, 15) is 0 Å². The van der Waals surface area contributed by atoms with E-state index in [-0.39, 0.29) is 0 Å². The van der Waals surface area contributed by atoms with E-state index >= 15 is 0 Å². The quantitative estimate of drug-likeness (QED) is 0.182. The molecular weight excluding hydrogens is 572 g/mol. The van der Waals surface area contributed by atoms with E-state index < -0.39 is 0 Å². The van der Waals surface area contributed by atoms with Crippen molar-refractivity contribution >= 4 is 87.1 Å². The van der Waals surface area contributed by atoms with Crippen molar-refractivity contribution in [3.8, 4) is 11.4 Å². The molecule has 11 rings (SSSR count). The van der Waals surface area contributed by atoms with Gasteiger partial charge in [0.25, 0.3) is 0 Å². The van der Waals surface area contributed by atoms with Crippen LogP contribution in [0, 0.1) is 0 Å². The lowest BCUT2D eigenvalue weighted by molar-refractivity contribution is 0.669. The number of para-hydroxylation sites is 3. The molecule has 0 saturated carbocycles. The Hall–Kier alpha value is -6.32. The smallest absolute Gasteiger partial charge is 0.136 e. The van der Waals surface area contributed by atoms with Crippen LogP contribution >= 0.6 is 0 Å². The lowest BCUT2D eigenvalue weighted by Gasteiger charge is -2.16. The molecule has 47 heavy (non-hydrogen) atoms. The molecular formula is C44H26N2O. The Balaban J connectivity index is 1.46. The highest BCUT2D eigenvalue weighted by Gasteiger charge is 2.24. The fourth-order valence-electron chi connectivity index (χ4n) is 8.17. The van der Waals surface area contributed by atoms with Crippen molar-refractivity contribution in [1.29, 1.82) is 0 Å². The third-order valence-electron chi connectivity index (χ3n) is 10.1. The van der Waals surface area contributed by atoms with E-state index in [1.165, 1.54) is 65.3 Å². The fraction of sp³-hybridized carbons (Fsp3) is 0. The summed E-state index contributed by atoms with van der Waals surface area (Å²) < 4.78 is 11.5. The molecule has 0 amide bonds. The first-order chi connectivity index (χ1) is 23.3. The molecule has 0 saturated heterocycles. The van der Waals surface area contributed by atoms with Gasteiger partial charge in [-0.2, -0.15) is 0 Å². The summed E-state index contributed by atoms with van der Waals surface area (Å²) in [6.07, 6.45) is 0. The largest absolute Gasteiger partial charge is 0.456 e. The average Bonchev–Trinajstić information content (AvgIpc) is 3.79. The molecule has 0 atom stereocenters. The molecule has 0 aliphatic rings. The van der Waals surface area contributed by atoms with Crippen LogP contribution in [0.15, 0.2) is 162 Å². The lowest BCUT2D eigenvalue weighted by Crippen LogP contribution is -1.99. The summed E-state index contributed by atoms with van der Waals surface area (Å²) in [7, 11) is 0. The number of furan rings is 1. The highest BCUT2D eigenvalue weighted by molar-refractivity contribution is 6.32. The average molecular weight is 599 g/mol. The zero-order valence-electron chi connectivity index (χ0n) is 25.3. The predicted molar refractivity (Wildman–Crippen MR) is 197 cm³/mol. The Morgan fingerprint density at radius 2 is 1.02 bits per heavy atom. The third kappa shape index (κ3) is 3.25. The van der Waals surface area contributed by atoms with Crippen LogP contribution < -0.4 is 0 Å². The summed E-state index contributed by atoms with van der Waals surface area (Å²) in [5, 5.41) is 12.2. The van der Waals surface area contributed by atoms with Gasteiger partial charge in [-0.25, -0.2) is 0 Å². The molecule has 0 unspecified atom stereocenters.